The zero-order valence-corrected chi connectivity index (χ0v) is 10.4. The van der Waals surface area contributed by atoms with E-state index in [0.717, 1.165) is 0 Å². The number of aromatic nitrogens is 1. The monoisotopic (exact) mass is 265 g/mol. The lowest BCUT2D eigenvalue weighted by Crippen LogP contribution is -1.98. The fraction of sp³-hybridized carbons (Fsp3) is 0.231. The molecule has 0 unspecified atom stereocenters. The molecule has 0 spiro atoms. The molecule has 0 fully saturated rings. The Hall–Kier alpha value is -2.37. The number of halogens is 1. The highest BCUT2D eigenvalue weighted by Gasteiger charge is 2.19. The van der Waals surface area contributed by atoms with Crippen molar-refractivity contribution in [1.29, 1.82) is 0 Å². The Morgan fingerprint density at radius 3 is 2.79 bits per heavy atom. The number of oxazole rings is 1. The van der Waals surface area contributed by atoms with Crippen LogP contribution < -0.4 is 4.74 Å². The molecule has 0 atom stereocenters. The third kappa shape index (κ3) is 2.42. The summed E-state index contributed by atoms with van der Waals surface area (Å²) in [6.07, 6.45) is 0.434. The Morgan fingerprint density at radius 1 is 1.53 bits per heavy atom. The molecule has 100 valence electrons. The lowest BCUT2D eigenvalue weighted by atomic mass is 10.2. The van der Waals surface area contributed by atoms with Crippen LogP contribution in [0, 0.1) is 5.82 Å². The second kappa shape index (κ2) is 5.09. The fourth-order valence-electron chi connectivity index (χ4n) is 1.67. The van der Waals surface area contributed by atoms with Crippen molar-refractivity contribution in [3.8, 4) is 17.2 Å². The van der Waals surface area contributed by atoms with Crippen molar-refractivity contribution in [2.45, 2.75) is 13.3 Å². The van der Waals surface area contributed by atoms with Gasteiger partial charge in [0.05, 0.1) is 12.8 Å². The maximum Gasteiger partial charge on any atom is 0.373 e. The second-order valence-electron chi connectivity index (χ2n) is 3.80. The Labute approximate surface area is 108 Å². The van der Waals surface area contributed by atoms with E-state index in [1.807, 2.05) is 0 Å². The quantitative estimate of drug-likeness (QED) is 0.920. The van der Waals surface area contributed by atoms with E-state index in [0.29, 0.717) is 17.7 Å². The van der Waals surface area contributed by atoms with Crippen LogP contribution >= 0.6 is 0 Å². The first-order valence-corrected chi connectivity index (χ1v) is 5.63. The molecule has 0 aliphatic carbocycles. The molecule has 1 aromatic heterocycles. The maximum atomic E-state index is 13.3. The molecule has 2 rings (SSSR count). The van der Waals surface area contributed by atoms with Gasteiger partial charge in [0, 0.05) is 5.56 Å². The van der Waals surface area contributed by atoms with Crippen molar-refractivity contribution in [3.63, 3.8) is 0 Å². The van der Waals surface area contributed by atoms with E-state index in [2.05, 4.69) is 4.98 Å². The normalized spacial score (nSPS) is 10.5. The van der Waals surface area contributed by atoms with Crippen molar-refractivity contribution < 1.29 is 23.4 Å². The summed E-state index contributed by atoms with van der Waals surface area (Å²) in [5.74, 6) is -1.70. The number of carbonyl (C=O) groups is 1. The summed E-state index contributed by atoms with van der Waals surface area (Å²) in [5, 5.41) is 8.98. The summed E-state index contributed by atoms with van der Waals surface area (Å²) in [5.41, 5.74) is 0.811. The van der Waals surface area contributed by atoms with Gasteiger partial charge in [-0.3, -0.25) is 0 Å². The number of carboxylic acids is 1. The van der Waals surface area contributed by atoms with Gasteiger partial charge in [0.2, 0.25) is 11.7 Å². The summed E-state index contributed by atoms with van der Waals surface area (Å²) < 4.78 is 23.4. The number of hydrogen-bond acceptors (Lipinski definition) is 4. The van der Waals surface area contributed by atoms with Gasteiger partial charge in [-0.2, -0.15) is 0 Å². The third-order valence-electron chi connectivity index (χ3n) is 2.62. The van der Waals surface area contributed by atoms with Crippen LogP contribution in [-0.4, -0.2) is 23.2 Å². The number of aromatic carboxylic acids is 1. The van der Waals surface area contributed by atoms with Gasteiger partial charge >= 0.3 is 5.97 Å². The molecule has 6 heteroatoms. The standard InChI is InChI=1S/C13H12FNO4/c1-3-9-11(13(16)17)19-12(15-9)7-4-5-8(14)10(6-7)18-2/h4-6H,3H2,1-2H3,(H,16,17). The van der Waals surface area contributed by atoms with Gasteiger partial charge in [-0.25, -0.2) is 14.2 Å². The number of nitrogens with zero attached hydrogens (tertiary/aromatic N) is 1. The molecule has 0 aliphatic heterocycles. The lowest BCUT2D eigenvalue weighted by Gasteiger charge is -2.02. The predicted octanol–water partition coefficient (Wildman–Crippen LogP) is 2.75. The zero-order chi connectivity index (χ0) is 14.0. The van der Waals surface area contributed by atoms with Crippen LogP contribution in [-0.2, 0) is 6.42 Å². The fourth-order valence-corrected chi connectivity index (χ4v) is 1.67. The van der Waals surface area contributed by atoms with Gasteiger partial charge in [-0.05, 0) is 24.6 Å². The Bertz CT molecular complexity index is 621. The summed E-state index contributed by atoms with van der Waals surface area (Å²) in [6, 6.07) is 4.07. The van der Waals surface area contributed by atoms with Crippen LogP contribution in [0.25, 0.3) is 11.5 Å². The van der Waals surface area contributed by atoms with E-state index in [-0.39, 0.29) is 17.4 Å². The minimum Gasteiger partial charge on any atom is -0.494 e. The Kier molecular flexibility index (Phi) is 3.50. The molecular weight excluding hydrogens is 253 g/mol. The van der Waals surface area contributed by atoms with E-state index in [9.17, 15) is 9.18 Å². The van der Waals surface area contributed by atoms with Crippen LogP contribution in [0.4, 0.5) is 4.39 Å². The number of rotatable bonds is 4. The first-order chi connectivity index (χ1) is 9.06. The lowest BCUT2D eigenvalue weighted by molar-refractivity contribution is 0.0662. The summed E-state index contributed by atoms with van der Waals surface area (Å²) in [7, 11) is 1.35. The van der Waals surface area contributed by atoms with Crippen LogP contribution in [0.1, 0.15) is 23.2 Å². The van der Waals surface area contributed by atoms with Gasteiger partial charge in [-0.15, -0.1) is 0 Å². The summed E-state index contributed by atoms with van der Waals surface area (Å²) in [4.78, 5) is 15.1. The maximum absolute atomic E-state index is 13.3. The van der Waals surface area contributed by atoms with Crippen molar-refractivity contribution in [2.24, 2.45) is 0 Å². The molecule has 0 saturated carbocycles. The SMILES string of the molecule is CCc1nc(-c2ccc(F)c(OC)c2)oc1C(=O)O. The van der Waals surface area contributed by atoms with Gasteiger partial charge in [0.15, 0.2) is 11.6 Å². The molecule has 0 bridgehead atoms. The number of hydrogen-bond donors (Lipinski definition) is 1. The van der Waals surface area contributed by atoms with Gasteiger partial charge in [0.1, 0.15) is 0 Å². The third-order valence-corrected chi connectivity index (χ3v) is 2.62. The molecule has 5 nitrogen and oxygen atoms in total. The van der Waals surface area contributed by atoms with Gasteiger partial charge < -0.3 is 14.3 Å². The molecule has 0 aliphatic rings. The first kappa shape index (κ1) is 13.1. The molecular formula is C13H12FNO4. The molecule has 2 aromatic rings. The van der Waals surface area contributed by atoms with Crippen LogP contribution in [0.2, 0.25) is 0 Å². The molecule has 0 radical (unpaired) electrons. The Morgan fingerprint density at radius 2 is 2.26 bits per heavy atom. The zero-order valence-electron chi connectivity index (χ0n) is 10.4. The highest BCUT2D eigenvalue weighted by atomic mass is 19.1. The van der Waals surface area contributed by atoms with Gasteiger partial charge in [-0.1, -0.05) is 6.92 Å². The average molecular weight is 265 g/mol. The van der Waals surface area contributed by atoms with Crippen molar-refractivity contribution in [1.82, 2.24) is 4.98 Å². The second-order valence-corrected chi connectivity index (χ2v) is 3.80. The van der Waals surface area contributed by atoms with E-state index >= 15 is 0 Å². The Balaban J connectivity index is 2.50. The highest BCUT2D eigenvalue weighted by molar-refractivity contribution is 5.86. The molecule has 0 amide bonds. The number of aryl methyl sites for hydroxylation is 1. The number of benzene rings is 1. The van der Waals surface area contributed by atoms with E-state index in [1.54, 1.807) is 6.92 Å². The predicted molar refractivity (Wildman–Crippen MR) is 64.8 cm³/mol. The van der Waals surface area contributed by atoms with Crippen molar-refractivity contribution in [2.75, 3.05) is 7.11 Å². The number of ether oxygens (including phenoxy) is 1. The van der Waals surface area contributed by atoms with Crippen LogP contribution in [0.5, 0.6) is 5.75 Å². The highest BCUT2D eigenvalue weighted by Crippen LogP contribution is 2.27. The molecule has 1 N–H and O–H groups in total. The van der Waals surface area contributed by atoms with E-state index < -0.39 is 11.8 Å². The molecule has 0 saturated heterocycles. The first-order valence-electron chi connectivity index (χ1n) is 5.63. The number of methoxy groups -OCH3 is 1. The van der Waals surface area contributed by atoms with E-state index in [1.165, 1.54) is 25.3 Å². The summed E-state index contributed by atoms with van der Waals surface area (Å²) >= 11 is 0. The average Bonchev–Trinajstić information content (AvgIpc) is 2.83. The smallest absolute Gasteiger partial charge is 0.373 e. The minimum absolute atomic E-state index is 0.0469. The molecule has 1 heterocycles. The summed E-state index contributed by atoms with van der Waals surface area (Å²) in [6.45, 7) is 1.78. The van der Waals surface area contributed by atoms with Crippen LogP contribution in [0.15, 0.2) is 22.6 Å². The van der Waals surface area contributed by atoms with Crippen LogP contribution in [0.3, 0.4) is 0 Å². The van der Waals surface area contributed by atoms with Crippen molar-refractivity contribution in [3.05, 3.63) is 35.5 Å². The minimum atomic E-state index is -1.18. The van der Waals surface area contributed by atoms with Crippen molar-refractivity contribution >= 4 is 5.97 Å². The molecule has 19 heavy (non-hydrogen) atoms. The number of carboxylic acid groups (broad SMARTS) is 1. The largest absolute Gasteiger partial charge is 0.494 e. The van der Waals surface area contributed by atoms with Gasteiger partial charge in [0.25, 0.3) is 0 Å². The van der Waals surface area contributed by atoms with E-state index in [4.69, 9.17) is 14.3 Å². The topological polar surface area (TPSA) is 72.6 Å². The molecule has 1 aromatic carbocycles.